The fourth-order valence-corrected chi connectivity index (χ4v) is 1.97. The molecule has 0 aromatic carbocycles. The molecule has 1 aliphatic heterocycles. The lowest BCUT2D eigenvalue weighted by Gasteiger charge is -2.12. The molecule has 0 fully saturated rings. The van der Waals surface area contributed by atoms with Crippen LogP contribution in [0.15, 0.2) is 52.6 Å². The van der Waals surface area contributed by atoms with E-state index in [-0.39, 0.29) is 0 Å². The Balaban J connectivity index is -0.000000725. The molecule has 1 heterocycles. The molecule has 0 unspecified atom stereocenters. The number of unbranched alkanes of at least 4 members (excludes halogenated alkanes) is 2. The van der Waals surface area contributed by atoms with Crippen molar-refractivity contribution in [2.45, 2.75) is 81.1 Å². The quantitative estimate of drug-likeness (QED) is 0.444. The first-order chi connectivity index (χ1) is 12.1. The average molecular weight is 354 g/mol. The number of nitrogens with zero attached hydrogens (tertiary/aromatic N) is 1. The highest BCUT2D eigenvalue weighted by molar-refractivity contribution is 5.99. The monoisotopic (exact) mass is 353 g/mol. The number of aliphatic imine (C=N–C) groups is 1. The Bertz CT molecular complexity index is 457. The summed E-state index contributed by atoms with van der Waals surface area (Å²) in [5.74, 6) is 1.83. The Morgan fingerprint density at radius 1 is 1.08 bits per heavy atom. The van der Waals surface area contributed by atoms with Crippen LogP contribution in [0.5, 0.6) is 0 Å². The molecule has 1 aliphatic rings. The molecule has 0 N–H and O–H groups in total. The molecule has 0 saturated carbocycles. The highest BCUT2D eigenvalue weighted by Crippen LogP contribution is 2.26. The van der Waals surface area contributed by atoms with E-state index in [1.54, 1.807) is 6.08 Å². The van der Waals surface area contributed by atoms with Crippen LogP contribution in [0.3, 0.4) is 0 Å². The SMILES string of the molecule is C=CC1=C(/C=C\C)OC(CCCCC)=C(C)C(C)=N1.CC.CC.CF. The van der Waals surface area contributed by atoms with Gasteiger partial charge in [-0.05, 0) is 39.3 Å². The zero-order valence-corrected chi connectivity index (χ0v) is 18.0. The van der Waals surface area contributed by atoms with Gasteiger partial charge in [0.05, 0.1) is 7.18 Å². The molecule has 0 saturated heterocycles. The lowest BCUT2D eigenvalue weighted by Crippen LogP contribution is -2.00. The second-order valence-corrected chi connectivity index (χ2v) is 4.76. The van der Waals surface area contributed by atoms with E-state index >= 15 is 0 Å². The second kappa shape index (κ2) is 20.4. The van der Waals surface area contributed by atoms with Crippen LogP contribution in [0, 0.1) is 0 Å². The zero-order chi connectivity index (χ0) is 20.3. The molecule has 0 bridgehead atoms. The van der Waals surface area contributed by atoms with Crippen LogP contribution in [-0.2, 0) is 4.74 Å². The van der Waals surface area contributed by atoms with Crippen molar-refractivity contribution in [3.63, 3.8) is 0 Å². The molecule has 0 radical (unpaired) electrons. The molecule has 0 atom stereocenters. The molecular weight excluding hydrogens is 313 g/mol. The number of halogens is 1. The van der Waals surface area contributed by atoms with Crippen molar-refractivity contribution in [2.75, 3.05) is 7.18 Å². The maximum Gasteiger partial charge on any atom is 0.152 e. The Morgan fingerprint density at radius 2 is 1.64 bits per heavy atom. The van der Waals surface area contributed by atoms with E-state index < -0.39 is 0 Å². The number of ether oxygens (including phenoxy) is 1. The van der Waals surface area contributed by atoms with E-state index in [4.69, 9.17) is 4.74 Å². The van der Waals surface area contributed by atoms with Gasteiger partial charge in [-0.15, -0.1) is 0 Å². The average Bonchev–Trinajstić information content (AvgIpc) is 2.79. The summed E-state index contributed by atoms with van der Waals surface area (Å²) in [6.07, 6.45) is 10.2. The van der Waals surface area contributed by atoms with Gasteiger partial charge in [0.1, 0.15) is 11.5 Å². The van der Waals surface area contributed by atoms with Crippen LogP contribution >= 0.6 is 0 Å². The van der Waals surface area contributed by atoms with Crippen LogP contribution in [-0.4, -0.2) is 12.9 Å². The summed E-state index contributed by atoms with van der Waals surface area (Å²) in [5, 5.41) is 0. The number of rotatable bonds is 6. The fourth-order valence-electron chi connectivity index (χ4n) is 1.97. The normalized spacial score (nSPS) is 13.3. The summed E-state index contributed by atoms with van der Waals surface area (Å²) in [6, 6.07) is 0. The highest BCUT2D eigenvalue weighted by atomic mass is 19.1. The van der Waals surface area contributed by atoms with Gasteiger partial charge in [-0.2, -0.15) is 0 Å². The molecule has 146 valence electrons. The summed E-state index contributed by atoms with van der Waals surface area (Å²) in [7, 11) is 0.500. The van der Waals surface area contributed by atoms with E-state index in [1.807, 2.05) is 53.7 Å². The topological polar surface area (TPSA) is 21.6 Å². The number of alkyl halides is 1. The number of hydrogen-bond acceptors (Lipinski definition) is 2. The van der Waals surface area contributed by atoms with E-state index in [0.717, 1.165) is 41.3 Å². The first kappa shape index (κ1) is 28.2. The van der Waals surface area contributed by atoms with E-state index in [1.165, 1.54) is 12.8 Å². The summed E-state index contributed by atoms with van der Waals surface area (Å²) >= 11 is 0. The van der Waals surface area contributed by atoms with Gasteiger partial charge in [0.25, 0.3) is 0 Å². The van der Waals surface area contributed by atoms with Gasteiger partial charge in [-0.3, -0.25) is 4.39 Å². The lowest BCUT2D eigenvalue weighted by molar-refractivity contribution is 0.296. The van der Waals surface area contributed by atoms with E-state index in [0.29, 0.717) is 7.18 Å². The predicted octanol–water partition coefficient (Wildman–Crippen LogP) is 7.94. The van der Waals surface area contributed by atoms with Crippen molar-refractivity contribution < 1.29 is 9.13 Å². The van der Waals surface area contributed by atoms with Gasteiger partial charge in [0, 0.05) is 17.7 Å². The Morgan fingerprint density at radius 3 is 2.08 bits per heavy atom. The van der Waals surface area contributed by atoms with Crippen molar-refractivity contribution in [1.82, 2.24) is 0 Å². The van der Waals surface area contributed by atoms with Crippen molar-refractivity contribution >= 4 is 5.71 Å². The smallest absolute Gasteiger partial charge is 0.152 e. The molecule has 0 spiro atoms. The van der Waals surface area contributed by atoms with Gasteiger partial charge in [0.2, 0.25) is 0 Å². The molecule has 25 heavy (non-hydrogen) atoms. The van der Waals surface area contributed by atoms with Gasteiger partial charge in [-0.25, -0.2) is 4.99 Å². The maximum atomic E-state index is 9.50. The molecule has 0 amide bonds. The maximum absolute atomic E-state index is 9.50. The molecule has 2 nitrogen and oxygen atoms in total. The molecular formula is C22H40FNO. The minimum Gasteiger partial charge on any atom is -0.459 e. The number of hydrogen-bond donors (Lipinski definition) is 0. The van der Waals surface area contributed by atoms with Crippen LogP contribution in [0.25, 0.3) is 0 Å². The molecule has 1 rings (SSSR count). The first-order valence-electron chi connectivity index (χ1n) is 9.44. The van der Waals surface area contributed by atoms with Crippen LogP contribution in [0.1, 0.15) is 81.1 Å². The van der Waals surface area contributed by atoms with Crippen molar-refractivity contribution in [1.29, 1.82) is 0 Å². The summed E-state index contributed by atoms with van der Waals surface area (Å²) in [6.45, 7) is 20.1. The molecule has 0 aromatic rings. The van der Waals surface area contributed by atoms with Crippen LogP contribution < -0.4 is 0 Å². The van der Waals surface area contributed by atoms with Gasteiger partial charge < -0.3 is 4.74 Å². The predicted molar refractivity (Wildman–Crippen MR) is 113 cm³/mol. The highest BCUT2D eigenvalue weighted by Gasteiger charge is 2.15. The van der Waals surface area contributed by atoms with Gasteiger partial charge in [-0.1, -0.05) is 60.1 Å². The van der Waals surface area contributed by atoms with Gasteiger partial charge in [0.15, 0.2) is 5.76 Å². The molecule has 3 heteroatoms. The fraction of sp³-hybridized carbons (Fsp3) is 0.591. The van der Waals surface area contributed by atoms with Crippen molar-refractivity contribution in [3.05, 3.63) is 47.6 Å². The minimum atomic E-state index is 0.500. The Kier molecular flexibility index (Phi) is 23.0. The third-order valence-electron chi connectivity index (χ3n) is 3.25. The third kappa shape index (κ3) is 11.5. The summed E-state index contributed by atoms with van der Waals surface area (Å²) in [5.41, 5.74) is 2.97. The second-order valence-electron chi connectivity index (χ2n) is 4.76. The van der Waals surface area contributed by atoms with Crippen molar-refractivity contribution in [3.8, 4) is 0 Å². The Hall–Kier alpha value is -1.64. The minimum absolute atomic E-state index is 0.500. The number of allylic oxidation sites excluding steroid dienone is 5. The largest absolute Gasteiger partial charge is 0.459 e. The summed E-state index contributed by atoms with van der Waals surface area (Å²) in [4.78, 5) is 4.60. The molecule has 0 aromatic heterocycles. The van der Waals surface area contributed by atoms with Crippen LogP contribution in [0.2, 0.25) is 0 Å². The van der Waals surface area contributed by atoms with Crippen molar-refractivity contribution in [2.24, 2.45) is 4.99 Å². The van der Waals surface area contributed by atoms with E-state index in [2.05, 4.69) is 25.4 Å². The van der Waals surface area contributed by atoms with Crippen LogP contribution in [0.4, 0.5) is 4.39 Å². The summed E-state index contributed by atoms with van der Waals surface area (Å²) < 4.78 is 15.6. The van der Waals surface area contributed by atoms with Gasteiger partial charge >= 0.3 is 0 Å². The first-order valence-corrected chi connectivity index (χ1v) is 9.44. The molecule has 0 aliphatic carbocycles. The lowest BCUT2D eigenvalue weighted by atomic mass is 10.1. The van der Waals surface area contributed by atoms with E-state index in [9.17, 15) is 4.39 Å². The standard InChI is InChI=1S/C17H25NO.2C2H6.CH3F/c1-6-9-10-12-16-13(4)14(5)18-15(8-3)17(19-16)11-7-2;3*1-2/h7-8,11H,3,6,9-10,12H2,1-2,4-5H3;2*1-2H3;1H3/b11-7-;;;. The zero-order valence-electron chi connectivity index (χ0n) is 18.0. The third-order valence-corrected chi connectivity index (χ3v) is 3.25. The Labute approximate surface area is 156 Å².